The molecule has 0 atom stereocenters. The molecule has 0 spiro atoms. The number of halogens is 1. The minimum atomic E-state index is -0.178. The highest BCUT2D eigenvalue weighted by molar-refractivity contribution is 7.99. The summed E-state index contributed by atoms with van der Waals surface area (Å²) in [5.74, 6) is 2.03. The predicted molar refractivity (Wildman–Crippen MR) is 120 cm³/mol. The summed E-state index contributed by atoms with van der Waals surface area (Å²) >= 11 is 1.79. The number of imidazole rings is 1. The molecule has 0 saturated heterocycles. The van der Waals surface area contributed by atoms with Crippen LogP contribution in [0.25, 0.3) is 21.9 Å². The number of aryl methyl sites for hydroxylation is 2. The third kappa shape index (κ3) is 4.61. The van der Waals surface area contributed by atoms with Crippen molar-refractivity contribution in [3.05, 3.63) is 66.4 Å². The predicted octanol–water partition coefficient (Wildman–Crippen LogP) is 6.64. The van der Waals surface area contributed by atoms with Crippen LogP contribution in [0.4, 0.5) is 4.39 Å². The smallest absolute Gasteiger partial charge is 0.123 e. The SMILES string of the molecule is CCCCc1nc2cnc3ccccc3c2n1CCCCSc1ccc(F)cc1. The van der Waals surface area contributed by atoms with Crippen molar-refractivity contribution < 1.29 is 4.39 Å². The Kier molecular flexibility index (Phi) is 6.45. The number of para-hydroxylation sites is 1. The average molecular weight is 408 g/mol. The number of unbranched alkanes of at least 4 members (excludes halogenated alkanes) is 2. The molecular formula is C24H26FN3S. The molecule has 0 saturated carbocycles. The largest absolute Gasteiger partial charge is 0.327 e. The zero-order chi connectivity index (χ0) is 20.1. The third-order valence-corrected chi connectivity index (χ3v) is 6.27. The van der Waals surface area contributed by atoms with E-state index in [0.717, 1.165) is 60.3 Å². The van der Waals surface area contributed by atoms with Crippen molar-refractivity contribution in [3.63, 3.8) is 0 Å². The highest BCUT2D eigenvalue weighted by Gasteiger charge is 2.13. The van der Waals surface area contributed by atoms with Gasteiger partial charge in [0.1, 0.15) is 17.2 Å². The lowest BCUT2D eigenvalue weighted by Crippen LogP contribution is -2.05. The number of thioether (sulfide) groups is 1. The Labute approximate surface area is 175 Å². The van der Waals surface area contributed by atoms with Crippen LogP contribution >= 0.6 is 11.8 Å². The van der Waals surface area contributed by atoms with Gasteiger partial charge in [-0.05, 0) is 55.3 Å². The van der Waals surface area contributed by atoms with E-state index in [0.29, 0.717) is 0 Å². The maximum Gasteiger partial charge on any atom is 0.123 e. The van der Waals surface area contributed by atoms with Gasteiger partial charge in [-0.2, -0.15) is 0 Å². The van der Waals surface area contributed by atoms with Gasteiger partial charge in [0.15, 0.2) is 0 Å². The monoisotopic (exact) mass is 407 g/mol. The summed E-state index contributed by atoms with van der Waals surface area (Å²) in [6, 6.07) is 15.1. The summed E-state index contributed by atoms with van der Waals surface area (Å²) in [4.78, 5) is 10.6. The molecule has 2 aromatic carbocycles. The van der Waals surface area contributed by atoms with Crippen LogP contribution < -0.4 is 0 Å². The number of fused-ring (bicyclic) bond motifs is 3. The summed E-state index contributed by atoms with van der Waals surface area (Å²) in [6.07, 6.45) is 7.43. The van der Waals surface area contributed by atoms with Crippen LogP contribution in [-0.4, -0.2) is 20.3 Å². The first kappa shape index (κ1) is 19.9. The zero-order valence-electron chi connectivity index (χ0n) is 16.8. The standard InChI is InChI=1S/C24H26FN3S/c1-2-3-10-23-27-22-17-26-21-9-5-4-8-20(21)24(22)28(23)15-6-7-16-29-19-13-11-18(25)12-14-19/h4-5,8-9,11-14,17H,2-3,6-7,10,15-16H2,1H3. The minimum absolute atomic E-state index is 0.178. The van der Waals surface area contributed by atoms with Crippen LogP contribution in [0.2, 0.25) is 0 Å². The maximum absolute atomic E-state index is 13.0. The Bertz CT molecular complexity index is 1090. The van der Waals surface area contributed by atoms with Crippen molar-refractivity contribution in [1.82, 2.24) is 14.5 Å². The molecule has 150 valence electrons. The maximum atomic E-state index is 13.0. The zero-order valence-corrected chi connectivity index (χ0v) is 17.6. The number of benzene rings is 2. The molecule has 0 fully saturated rings. The van der Waals surface area contributed by atoms with E-state index in [2.05, 4.69) is 34.7 Å². The van der Waals surface area contributed by atoms with Crippen molar-refractivity contribution in [2.24, 2.45) is 0 Å². The Morgan fingerprint density at radius 2 is 1.79 bits per heavy atom. The van der Waals surface area contributed by atoms with Crippen molar-refractivity contribution in [2.75, 3.05) is 5.75 Å². The second kappa shape index (κ2) is 9.40. The Morgan fingerprint density at radius 1 is 0.966 bits per heavy atom. The van der Waals surface area contributed by atoms with Crippen LogP contribution in [0.1, 0.15) is 38.4 Å². The molecular weight excluding hydrogens is 381 g/mol. The van der Waals surface area contributed by atoms with Gasteiger partial charge >= 0.3 is 0 Å². The quantitative estimate of drug-likeness (QED) is 0.230. The normalized spacial score (nSPS) is 11.5. The highest BCUT2D eigenvalue weighted by Crippen LogP contribution is 2.26. The van der Waals surface area contributed by atoms with Gasteiger partial charge < -0.3 is 4.57 Å². The summed E-state index contributed by atoms with van der Waals surface area (Å²) in [5, 5.41) is 1.18. The van der Waals surface area contributed by atoms with E-state index in [1.165, 1.54) is 28.9 Å². The van der Waals surface area contributed by atoms with Gasteiger partial charge in [0.05, 0.1) is 17.2 Å². The number of pyridine rings is 1. The second-order valence-electron chi connectivity index (χ2n) is 7.30. The van der Waals surface area contributed by atoms with Gasteiger partial charge in [0, 0.05) is 23.2 Å². The summed E-state index contributed by atoms with van der Waals surface area (Å²) in [5.41, 5.74) is 3.23. The van der Waals surface area contributed by atoms with E-state index in [4.69, 9.17) is 4.98 Å². The van der Waals surface area contributed by atoms with Gasteiger partial charge in [0.25, 0.3) is 0 Å². The van der Waals surface area contributed by atoms with Gasteiger partial charge in [-0.25, -0.2) is 9.37 Å². The second-order valence-corrected chi connectivity index (χ2v) is 8.47. The average Bonchev–Trinajstić information content (AvgIpc) is 3.11. The van der Waals surface area contributed by atoms with E-state index in [9.17, 15) is 4.39 Å². The van der Waals surface area contributed by atoms with Crippen LogP contribution in [0.5, 0.6) is 0 Å². The molecule has 0 radical (unpaired) electrons. The molecule has 0 aliphatic heterocycles. The summed E-state index contributed by atoms with van der Waals surface area (Å²) in [6.45, 7) is 3.18. The molecule has 0 bridgehead atoms. The first-order valence-corrected chi connectivity index (χ1v) is 11.4. The summed E-state index contributed by atoms with van der Waals surface area (Å²) in [7, 11) is 0. The summed E-state index contributed by atoms with van der Waals surface area (Å²) < 4.78 is 15.4. The molecule has 2 aromatic heterocycles. The highest BCUT2D eigenvalue weighted by atomic mass is 32.2. The molecule has 0 amide bonds. The molecule has 29 heavy (non-hydrogen) atoms. The third-order valence-electron chi connectivity index (χ3n) is 5.17. The number of hydrogen-bond donors (Lipinski definition) is 0. The fourth-order valence-electron chi connectivity index (χ4n) is 3.67. The number of nitrogens with zero attached hydrogens (tertiary/aromatic N) is 3. The van der Waals surface area contributed by atoms with E-state index < -0.39 is 0 Å². The Morgan fingerprint density at radius 3 is 2.62 bits per heavy atom. The number of aromatic nitrogens is 3. The lowest BCUT2D eigenvalue weighted by molar-refractivity contribution is 0.607. The van der Waals surface area contributed by atoms with Gasteiger partial charge in [-0.15, -0.1) is 11.8 Å². The van der Waals surface area contributed by atoms with Crippen LogP contribution in [-0.2, 0) is 13.0 Å². The van der Waals surface area contributed by atoms with Gasteiger partial charge in [-0.3, -0.25) is 4.98 Å². The van der Waals surface area contributed by atoms with Gasteiger partial charge in [-0.1, -0.05) is 31.5 Å². The van der Waals surface area contributed by atoms with E-state index in [-0.39, 0.29) is 5.82 Å². The molecule has 3 nitrogen and oxygen atoms in total. The topological polar surface area (TPSA) is 30.7 Å². The first-order chi connectivity index (χ1) is 14.3. The van der Waals surface area contributed by atoms with Crippen molar-refractivity contribution >= 4 is 33.7 Å². The lowest BCUT2D eigenvalue weighted by Gasteiger charge is -2.10. The number of rotatable bonds is 9. The molecule has 2 heterocycles. The molecule has 5 heteroatoms. The molecule has 0 aliphatic rings. The fraction of sp³-hybridized carbons (Fsp3) is 0.333. The van der Waals surface area contributed by atoms with Crippen LogP contribution in [0.15, 0.2) is 59.6 Å². The van der Waals surface area contributed by atoms with E-state index >= 15 is 0 Å². The fourth-order valence-corrected chi connectivity index (χ4v) is 4.58. The van der Waals surface area contributed by atoms with Crippen LogP contribution in [0, 0.1) is 5.82 Å². The molecule has 4 aromatic rings. The van der Waals surface area contributed by atoms with Crippen molar-refractivity contribution in [2.45, 2.75) is 50.5 Å². The lowest BCUT2D eigenvalue weighted by atomic mass is 10.2. The first-order valence-electron chi connectivity index (χ1n) is 10.4. The Balaban J connectivity index is 1.50. The number of hydrogen-bond acceptors (Lipinski definition) is 3. The van der Waals surface area contributed by atoms with Gasteiger partial charge in [0.2, 0.25) is 0 Å². The molecule has 0 aliphatic carbocycles. The molecule has 0 unspecified atom stereocenters. The molecule has 4 rings (SSSR count). The van der Waals surface area contributed by atoms with Crippen molar-refractivity contribution in [1.29, 1.82) is 0 Å². The minimum Gasteiger partial charge on any atom is -0.327 e. The van der Waals surface area contributed by atoms with Crippen molar-refractivity contribution in [3.8, 4) is 0 Å². The molecule has 0 N–H and O–H groups in total. The van der Waals surface area contributed by atoms with E-state index in [1.54, 1.807) is 11.8 Å². The van der Waals surface area contributed by atoms with E-state index in [1.807, 2.05) is 24.4 Å². The Hall–Kier alpha value is -2.40. The van der Waals surface area contributed by atoms with Crippen LogP contribution in [0.3, 0.4) is 0 Å².